The Morgan fingerprint density at radius 2 is 1.64 bits per heavy atom. The fraction of sp³-hybridized carbons (Fsp3) is 0.235. The summed E-state index contributed by atoms with van der Waals surface area (Å²) in [4.78, 5) is 40.7. The molecule has 3 rings (SSSR count). The molecule has 0 radical (unpaired) electrons. The molecule has 11 heteroatoms. The van der Waals surface area contributed by atoms with Gasteiger partial charge in [0.05, 0.1) is 33.4 Å². The number of rotatable bonds is 4. The zero-order valence-electron chi connectivity index (χ0n) is 14.5. The van der Waals surface area contributed by atoms with E-state index in [-0.39, 0.29) is 5.56 Å². The van der Waals surface area contributed by atoms with E-state index in [9.17, 15) is 25.0 Å². The number of carbonyl (C=O) groups is 1. The molecule has 0 N–H and O–H groups in total. The van der Waals surface area contributed by atoms with Gasteiger partial charge in [-0.2, -0.15) is 5.26 Å². The molecule has 1 fully saturated rings. The number of nitro benzene ring substituents is 2. The van der Waals surface area contributed by atoms with Gasteiger partial charge in [0, 0.05) is 38.3 Å². The summed E-state index contributed by atoms with van der Waals surface area (Å²) in [6, 6.07) is 8.24. The maximum atomic E-state index is 12.7. The van der Waals surface area contributed by atoms with Crippen molar-refractivity contribution >= 4 is 23.0 Å². The van der Waals surface area contributed by atoms with Crippen LogP contribution in [0.5, 0.6) is 0 Å². The number of anilines is 1. The minimum atomic E-state index is -0.764. The number of carbonyl (C=O) groups excluding carboxylic acids is 1. The van der Waals surface area contributed by atoms with Gasteiger partial charge in [-0.15, -0.1) is 0 Å². The minimum Gasteiger partial charge on any atom is -0.367 e. The van der Waals surface area contributed by atoms with Gasteiger partial charge < -0.3 is 9.80 Å². The second-order valence-corrected chi connectivity index (χ2v) is 6.04. The third-order valence-corrected chi connectivity index (χ3v) is 4.37. The average Bonchev–Trinajstić information content (AvgIpc) is 2.73. The van der Waals surface area contributed by atoms with Gasteiger partial charge in [-0.05, 0) is 12.1 Å². The van der Waals surface area contributed by atoms with Crippen LogP contribution in [0.1, 0.15) is 16.1 Å². The lowest BCUT2D eigenvalue weighted by atomic mass is 10.1. The van der Waals surface area contributed by atoms with Gasteiger partial charge in [0.25, 0.3) is 17.3 Å². The molecular weight excluding hydrogens is 368 g/mol. The van der Waals surface area contributed by atoms with Crippen LogP contribution in [0.4, 0.5) is 17.1 Å². The summed E-state index contributed by atoms with van der Waals surface area (Å²) in [5, 5.41) is 30.8. The minimum absolute atomic E-state index is 0.0885. The van der Waals surface area contributed by atoms with E-state index in [2.05, 4.69) is 4.98 Å². The first-order chi connectivity index (χ1) is 13.4. The van der Waals surface area contributed by atoms with E-state index in [4.69, 9.17) is 5.26 Å². The molecule has 0 spiro atoms. The fourth-order valence-electron chi connectivity index (χ4n) is 2.92. The smallest absolute Gasteiger partial charge is 0.277 e. The lowest BCUT2D eigenvalue weighted by Gasteiger charge is -2.36. The van der Waals surface area contributed by atoms with Crippen LogP contribution in [0.15, 0.2) is 36.5 Å². The van der Waals surface area contributed by atoms with Crippen molar-refractivity contribution in [3.8, 4) is 6.07 Å². The number of benzene rings is 1. The standard InChI is InChI=1S/C17H14N6O5/c18-10-13-1-2-14(11-19-13)20-3-5-21(6-4-20)17(24)12-7-15(22(25)26)9-16(8-12)23(27)28/h1-2,7-9,11H,3-6H2. The van der Waals surface area contributed by atoms with Crippen LogP contribution >= 0.6 is 0 Å². The van der Waals surface area contributed by atoms with Gasteiger partial charge in [0.1, 0.15) is 11.8 Å². The zero-order valence-corrected chi connectivity index (χ0v) is 14.5. The van der Waals surface area contributed by atoms with Crippen molar-refractivity contribution in [2.24, 2.45) is 0 Å². The quantitative estimate of drug-likeness (QED) is 0.574. The van der Waals surface area contributed by atoms with Crippen molar-refractivity contribution in [2.45, 2.75) is 0 Å². The topological polar surface area (TPSA) is 147 Å². The number of pyridine rings is 1. The second kappa shape index (κ2) is 7.67. The number of nitrogens with zero attached hydrogens (tertiary/aromatic N) is 6. The summed E-state index contributed by atoms with van der Waals surface area (Å²) in [6.45, 7) is 1.68. The Morgan fingerprint density at radius 1 is 1.04 bits per heavy atom. The maximum Gasteiger partial charge on any atom is 0.277 e. The molecule has 2 heterocycles. The lowest BCUT2D eigenvalue weighted by Crippen LogP contribution is -2.48. The highest BCUT2D eigenvalue weighted by Crippen LogP contribution is 2.24. The van der Waals surface area contributed by atoms with E-state index in [1.54, 1.807) is 18.3 Å². The third-order valence-electron chi connectivity index (χ3n) is 4.37. The molecule has 1 aromatic carbocycles. The monoisotopic (exact) mass is 382 g/mol. The highest BCUT2D eigenvalue weighted by molar-refractivity contribution is 5.95. The van der Waals surface area contributed by atoms with E-state index in [0.717, 1.165) is 23.9 Å². The fourth-order valence-corrected chi connectivity index (χ4v) is 2.92. The predicted molar refractivity (Wildman–Crippen MR) is 96.8 cm³/mol. The summed E-state index contributed by atoms with van der Waals surface area (Å²) in [6.07, 6.45) is 1.58. The first-order valence-corrected chi connectivity index (χ1v) is 8.23. The normalized spacial score (nSPS) is 13.7. The van der Waals surface area contributed by atoms with Gasteiger partial charge in [-0.25, -0.2) is 4.98 Å². The van der Waals surface area contributed by atoms with Gasteiger partial charge >= 0.3 is 0 Å². The van der Waals surface area contributed by atoms with E-state index in [1.807, 2.05) is 11.0 Å². The zero-order chi connectivity index (χ0) is 20.3. The number of aromatic nitrogens is 1. The van der Waals surface area contributed by atoms with Gasteiger partial charge in [-0.3, -0.25) is 25.0 Å². The second-order valence-electron chi connectivity index (χ2n) is 6.04. The Balaban J connectivity index is 1.73. The molecule has 0 unspecified atom stereocenters. The molecule has 1 amide bonds. The van der Waals surface area contributed by atoms with Crippen LogP contribution in [0.2, 0.25) is 0 Å². The van der Waals surface area contributed by atoms with Crippen LogP contribution in [0.3, 0.4) is 0 Å². The molecule has 0 atom stereocenters. The molecule has 1 aromatic heterocycles. The SMILES string of the molecule is N#Cc1ccc(N2CCN(C(=O)c3cc([N+](=O)[O-])cc([N+](=O)[O-])c3)CC2)cn1. The number of non-ortho nitro benzene ring substituents is 2. The van der Waals surface area contributed by atoms with Crippen LogP contribution in [0, 0.1) is 31.6 Å². The van der Waals surface area contributed by atoms with Crippen LogP contribution < -0.4 is 4.90 Å². The summed E-state index contributed by atoms with van der Waals surface area (Å²) in [7, 11) is 0. The molecule has 1 aliphatic heterocycles. The largest absolute Gasteiger partial charge is 0.367 e. The summed E-state index contributed by atoms with van der Waals surface area (Å²) in [5.74, 6) is -0.496. The molecular formula is C17H14N6O5. The molecule has 1 aliphatic rings. The van der Waals surface area contributed by atoms with Crippen molar-refractivity contribution in [3.63, 3.8) is 0 Å². The number of hydrogen-bond acceptors (Lipinski definition) is 8. The van der Waals surface area contributed by atoms with Crippen molar-refractivity contribution in [1.82, 2.24) is 9.88 Å². The third kappa shape index (κ3) is 3.85. The first-order valence-electron chi connectivity index (χ1n) is 8.23. The molecule has 28 heavy (non-hydrogen) atoms. The molecule has 0 aliphatic carbocycles. The summed E-state index contributed by atoms with van der Waals surface area (Å²) in [5.41, 5.74) is 0.0380. The van der Waals surface area contributed by atoms with Crippen molar-refractivity contribution in [3.05, 3.63) is 68.0 Å². The Labute approximate surface area is 158 Å². The van der Waals surface area contributed by atoms with Crippen molar-refractivity contribution in [1.29, 1.82) is 5.26 Å². The van der Waals surface area contributed by atoms with Gasteiger partial charge in [0.15, 0.2) is 0 Å². The van der Waals surface area contributed by atoms with Crippen LogP contribution in [0.25, 0.3) is 0 Å². The summed E-state index contributed by atoms with van der Waals surface area (Å²) < 4.78 is 0. The molecule has 0 bridgehead atoms. The van der Waals surface area contributed by atoms with Crippen molar-refractivity contribution < 1.29 is 14.6 Å². The highest BCUT2D eigenvalue weighted by Gasteiger charge is 2.26. The highest BCUT2D eigenvalue weighted by atomic mass is 16.6. The number of nitriles is 1. The van der Waals surface area contributed by atoms with E-state index in [0.29, 0.717) is 31.9 Å². The Morgan fingerprint density at radius 3 is 2.11 bits per heavy atom. The van der Waals surface area contributed by atoms with Gasteiger partial charge in [-0.1, -0.05) is 0 Å². The van der Waals surface area contributed by atoms with Crippen LogP contribution in [-0.4, -0.2) is 51.8 Å². The molecule has 1 saturated heterocycles. The first kappa shape index (κ1) is 18.7. The van der Waals surface area contributed by atoms with E-state index in [1.165, 1.54) is 4.90 Å². The van der Waals surface area contributed by atoms with E-state index < -0.39 is 27.1 Å². The Hall–Kier alpha value is -4.07. The van der Waals surface area contributed by atoms with Gasteiger partial charge in [0.2, 0.25) is 0 Å². The lowest BCUT2D eigenvalue weighted by molar-refractivity contribution is -0.394. The molecule has 11 nitrogen and oxygen atoms in total. The number of nitro groups is 2. The molecule has 142 valence electrons. The Kier molecular flexibility index (Phi) is 5.12. The predicted octanol–water partition coefficient (Wildman–Crippen LogP) is 1.73. The molecule has 0 saturated carbocycles. The number of hydrogen-bond donors (Lipinski definition) is 0. The average molecular weight is 382 g/mol. The van der Waals surface area contributed by atoms with E-state index >= 15 is 0 Å². The molecule has 2 aromatic rings. The van der Waals surface area contributed by atoms with Crippen molar-refractivity contribution in [2.75, 3.05) is 31.1 Å². The van der Waals surface area contributed by atoms with Crippen LogP contribution in [-0.2, 0) is 0 Å². The maximum absolute atomic E-state index is 12.7. The number of amides is 1. The number of piperazine rings is 1. The summed E-state index contributed by atoms with van der Waals surface area (Å²) >= 11 is 0. The Bertz CT molecular complexity index is 944.